The molecule has 0 saturated heterocycles. The number of hydrogen-bond acceptors (Lipinski definition) is 4. The van der Waals surface area contributed by atoms with Gasteiger partial charge in [0.05, 0.1) is 10.6 Å². The molecule has 1 unspecified atom stereocenters. The first-order valence-electron chi connectivity index (χ1n) is 12.4. The third-order valence-corrected chi connectivity index (χ3v) is 8.34. The van der Waals surface area contributed by atoms with E-state index in [0.717, 1.165) is 9.87 Å². The summed E-state index contributed by atoms with van der Waals surface area (Å²) >= 11 is 12.4. The van der Waals surface area contributed by atoms with Gasteiger partial charge >= 0.3 is 0 Å². The predicted molar refractivity (Wildman–Crippen MR) is 157 cm³/mol. The second-order valence-electron chi connectivity index (χ2n) is 10.3. The smallest absolute Gasteiger partial charge is 0.264 e. The molecule has 0 heterocycles. The van der Waals surface area contributed by atoms with Gasteiger partial charge in [-0.2, -0.15) is 0 Å². The van der Waals surface area contributed by atoms with Crippen molar-refractivity contribution in [1.82, 2.24) is 10.2 Å². The number of sulfonamides is 1. The topological polar surface area (TPSA) is 86.8 Å². The Labute approximate surface area is 240 Å². The summed E-state index contributed by atoms with van der Waals surface area (Å²) in [5.41, 5.74) is 1.24. The van der Waals surface area contributed by atoms with Crippen LogP contribution in [0.4, 0.5) is 5.69 Å². The van der Waals surface area contributed by atoms with Crippen LogP contribution in [-0.2, 0) is 26.2 Å². The van der Waals surface area contributed by atoms with E-state index in [2.05, 4.69) is 5.32 Å². The molecule has 3 rings (SSSR count). The van der Waals surface area contributed by atoms with E-state index in [1.54, 1.807) is 49.4 Å². The van der Waals surface area contributed by atoms with Crippen LogP contribution in [0.15, 0.2) is 77.7 Å². The Morgan fingerprint density at radius 3 is 2.18 bits per heavy atom. The number of benzene rings is 3. The molecule has 3 aromatic carbocycles. The number of nitrogens with zero attached hydrogens (tertiary/aromatic N) is 2. The van der Waals surface area contributed by atoms with Crippen molar-refractivity contribution in [3.63, 3.8) is 0 Å². The van der Waals surface area contributed by atoms with Gasteiger partial charge in [-0.3, -0.25) is 13.9 Å². The van der Waals surface area contributed by atoms with Crippen molar-refractivity contribution in [2.24, 2.45) is 0 Å². The largest absolute Gasteiger partial charge is 0.350 e. The molecule has 3 aromatic rings. The molecule has 0 saturated carbocycles. The third kappa shape index (κ3) is 7.97. The fraction of sp³-hybridized carbons (Fsp3) is 0.310. The number of amides is 2. The highest BCUT2D eigenvalue weighted by molar-refractivity contribution is 7.92. The summed E-state index contributed by atoms with van der Waals surface area (Å²) in [5, 5.41) is 3.72. The lowest BCUT2D eigenvalue weighted by molar-refractivity contribution is -0.140. The lowest BCUT2D eigenvalue weighted by Crippen LogP contribution is -2.54. The molecule has 39 heavy (non-hydrogen) atoms. The molecule has 10 heteroatoms. The number of nitrogens with one attached hydrogen (secondary N) is 1. The molecule has 0 spiro atoms. The van der Waals surface area contributed by atoms with E-state index in [1.165, 1.54) is 29.2 Å². The Morgan fingerprint density at radius 2 is 1.59 bits per heavy atom. The minimum Gasteiger partial charge on any atom is -0.350 e. The first-order valence-corrected chi connectivity index (χ1v) is 14.6. The molecule has 1 N–H and O–H groups in total. The summed E-state index contributed by atoms with van der Waals surface area (Å²) < 4.78 is 28.7. The lowest BCUT2D eigenvalue weighted by atomic mass is 10.1. The van der Waals surface area contributed by atoms with Crippen molar-refractivity contribution < 1.29 is 18.0 Å². The average molecular weight is 591 g/mol. The second-order valence-corrected chi connectivity index (χ2v) is 13.0. The normalized spacial score (nSPS) is 12.5. The minimum absolute atomic E-state index is 0.0138. The van der Waals surface area contributed by atoms with Crippen molar-refractivity contribution in [1.29, 1.82) is 0 Å². The maximum Gasteiger partial charge on any atom is 0.264 e. The highest BCUT2D eigenvalue weighted by Crippen LogP contribution is 2.27. The van der Waals surface area contributed by atoms with E-state index in [4.69, 9.17) is 23.2 Å². The highest BCUT2D eigenvalue weighted by atomic mass is 35.5. The van der Waals surface area contributed by atoms with Gasteiger partial charge in [0, 0.05) is 22.1 Å². The molecule has 0 aliphatic rings. The van der Waals surface area contributed by atoms with Crippen molar-refractivity contribution in [2.75, 3.05) is 10.8 Å². The number of halogens is 2. The fourth-order valence-electron chi connectivity index (χ4n) is 3.91. The molecule has 0 radical (unpaired) electrons. The monoisotopic (exact) mass is 589 g/mol. The molecule has 208 valence electrons. The number of carbonyl (C=O) groups excluding carboxylic acids is 2. The number of anilines is 1. The van der Waals surface area contributed by atoms with E-state index in [0.29, 0.717) is 21.3 Å². The zero-order valence-electron chi connectivity index (χ0n) is 22.6. The fourth-order valence-corrected chi connectivity index (χ4v) is 5.64. The van der Waals surface area contributed by atoms with Crippen LogP contribution in [0.2, 0.25) is 10.0 Å². The van der Waals surface area contributed by atoms with Crippen LogP contribution in [0.5, 0.6) is 0 Å². The number of hydrogen-bond donors (Lipinski definition) is 1. The molecule has 0 bridgehead atoms. The van der Waals surface area contributed by atoms with Crippen molar-refractivity contribution in [3.8, 4) is 0 Å². The van der Waals surface area contributed by atoms with Gasteiger partial charge in [-0.25, -0.2) is 8.42 Å². The van der Waals surface area contributed by atoms with E-state index in [9.17, 15) is 18.0 Å². The molecule has 0 aliphatic carbocycles. The second kappa shape index (κ2) is 12.4. The molecule has 0 aliphatic heterocycles. The Balaban J connectivity index is 2.05. The maximum atomic E-state index is 13.9. The van der Waals surface area contributed by atoms with Gasteiger partial charge < -0.3 is 10.2 Å². The van der Waals surface area contributed by atoms with Crippen LogP contribution in [0.3, 0.4) is 0 Å². The van der Waals surface area contributed by atoms with Gasteiger partial charge in [-0.05, 0) is 88.2 Å². The first-order chi connectivity index (χ1) is 18.2. The summed E-state index contributed by atoms with van der Waals surface area (Å²) in [5.74, 6) is -0.934. The van der Waals surface area contributed by atoms with Crippen molar-refractivity contribution in [3.05, 3.63) is 94.0 Å². The third-order valence-electron chi connectivity index (χ3n) is 5.93. The lowest BCUT2D eigenvalue weighted by Gasteiger charge is -2.33. The number of carbonyl (C=O) groups is 2. The summed E-state index contributed by atoms with van der Waals surface area (Å²) in [4.78, 5) is 28.4. The molecular weight excluding hydrogens is 557 g/mol. The van der Waals surface area contributed by atoms with Crippen molar-refractivity contribution >= 4 is 50.7 Å². The van der Waals surface area contributed by atoms with Gasteiger partial charge in [0.15, 0.2) is 0 Å². The SMILES string of the molecule is Cc1cccc(N(CC(=O)N(Cc2ccccc2Cl)C(C)C(=O)NC(C)(C)C)S(=O)(=O)c2ccc(Cl)cc2)c1. The zero-order chi connectivity index (χ0) is 29.0. The summed E-state index contributed by atoms with van der Waals surface area (Å²) in [6.07, 6.45) is 0. The molecular formula is C29H33Cl2N3O4S. The predicted octanol–water partition coefficient (Wildman–Crippen LogP) is 5.83. The van der Waals surface area contributed by atoms with Gasteiger partial charge in [0.1, 0.15) is 12.6 Å². The number of rotatable bonds is 9. The van der Waals surface area contributed by atoms with Gasteiger partial charge in [-0.1, -0.05) is 53.5 Å². The molecule has 0 fully saturated rings. The summed E-state index contributed by atoms with van der Waals surface area (Å²) in [6, 6.07) is 18.7. The van der Waals surface area contributed by atoms with Crippen LogP contribution >= 0.6 is 23.2 Å². The van der Waals surface area contributed by atoms with E-state index < -0.39 is 34.1 Å². The zero-order valence-corrected chi connectivity index (χ0v) is 24.9. The quantitative estimate of drug-likeness (QED) is 0.340. The Kier molecular flexibility index (Phi) is 9.69. The minimum atomic E-state index is -4.17. The van der Waals surface area contributed by atoms with Crippen LogP contribution in [0.1, 0.15) is 38.8 Å². The molecule has 1 atom stereocenters. The summed E-state index contributed by atoms with van der Waals surface area (Å²) in [6.45, 7) is 8.45. The summed E-state index contributed by atoms with van der Waals surface area (Å²) in [7, 11) is -4.17. The Bertz CT molecular complexity index is 1440. The first kappa shape index (κ1) is 30.5. The van der Waals surface area contributed by atoms with Crippen LogP contribution in [0.25, 0.3) is 0 Å². The average Bonchev–Trinajstić information content (AvgIpc) is 2.85. The van der Waals surface area contributed by atoms with E-state index in [-0.39, 0.29) is 17.3 Å². The van der Waals surface area contributed by atoms with Crippen LogP contribution < -0.4 is 9.62 Å². The highest BCUT2D eigenvalue weighted by Gasteiger charge is 2.33. The molecule has 0 aromatic heterocycles. The maximum absolute atomic E-state index is 13.9. The van der Waals surface area contributed by atoms with Crippen LogP contribution in [0, 0.1) is 6.92 Å². The van der Waals surface area contributed by atoms with Crippen LogP contribution in [-0.4, -0.2) is 43.3 Å². The standard InChI is InChI=1S/C29H33Cl2N3O4S/c1-20-9-8-11-24(17-20)34(39(37,38)25-15-13-23(30)14-16-25)19-27(35)33(18-22-10-6-7-12-26(22)31)21(2)28(36)32-29(3,4)5/h6-17,21H,18-19H2,1-5H3,(H,32,36). The molecule has 7 nitrogen and oxygen atoms in total. The van der Waals surface area contributed by atoms with E-state index in [1.807, 2.05) is 33.8 Å². The van der Waals surface area contributed by atoms with Crippen molar-refractivity contribution in [2.45, 2.75) is 57.6 Å². The Morgan fingerprint density at radius 1 is 0.949 bits per heavy atom. The number of aryl methyl sites for hydroxylation is 1. The van der Waals surface area contributed by atoms with Gasteiger partial charge in [0.2, 0.25) is 11.8 Å². The molecule has 2 amide bonds. The van der Waals surface area contributed by atoms with Gasteiger partial charge in [-0.15, -0.1) is 0 Å². The van der Waals surface area contributed by atoms with E-state index >= 15 is 0 Å². The van der Waals surface area contributed by atoms with Gasteiger partial charge in [0.25, 0.3) is 10.0 Å². The Hall–Kier alpha value is -3.07.